The molecule has 3 aromatic rings. The van der Waals surface area contributed by atoms with Crippen LogP contribution in [0.25, 0.3) is 11.0 Å². The number of rotatable bonds is 6. The number of piperidine rings is 1. The summed E-state index contributed by atoms with van der Waals surface area (Å²) in [4.78, 5) is 25.0. The topological polar surface area (TPSA) is 106 Å². The van der Waals surface area contributed by atoms with E-state index in [0.29, 0.717) is 35.5 Å². The molecule has 1 N–H and O–H groups in total. The van der Waals surface area contributed by atoms with Crippen molar-refractivity contribution >= 4 is 38.6 Å². The molecule has 0 unspecified atom stereocenters. The van der Waals surface area contributed by atoms with Crippen molar-refractivity contribution < 1.29 is 27.2 Å². The number of esters is 1. The largest absolute Gasteiger partial charge is 0.450 e. The van der Waals surface area contributed by atoms with E-state index in [-0.39, 0.29) is 10.7 Å². The van der Waals surface area contributed by atoms with Crippen LogP contribution < -0.4 is 5.32 Å². The first-order valence-electron chi connectivity index (χ1n) is 10.8. The number of nitrogens with one attached hydrogen (secondary N) is 1. The molecule has 0 saturated carbocycles. The molecule has 2 heterocycles. The molecule has 33 heavy (non-hydrogen) atoms. The molecule has 1 fully saturated rings. The van der Waals surface area contributed by atoms with Crippen LogP contribution in [0, 0.1) is 13.8 Å². The van der Waals surface area contributed by atoms with E-state index in [1.165, 1.54) is 10.4 Å². The van der Waals surface area contributed by atoms with Crippen molar-refractivity contribution in [3.63, 3.8) is 0 Å². The van der Waals surface area contributed by atoms with E-state index in [1.54, 1.807) is 38.1 Å². The molecule has 174 valence electrons. The summed E-state index contributed by atoms with van der Waals surface area (Å²) < 4.78 is 38.3. The lowest BCUT2D eigenvalue weighted by Gasteiger charge is -2.26. The Morgan fingerprint density at radius 2 is 1.79 bits per heavy atom. The maximum Gasteiger partial charge on any atom is 0.375 e. The standard InChI is InChI=1S/C24H26N2O6S/c1-16-10-11-18(14-21(16)33(29,30)26-12-6-3-7-13-26)25-22(27)15-31-24(28)23-17(2)19-8-4-5-9-20(19)32-23/h4-5,8-11,14H,3,6-7,12-13,15H2,1-2H3,(H,25,27). The lowest BCUT2D eigenvalue weighted by Crippen LogP contribution is -2.36. The molecule has 0 spiro atoms. The van der Waals surface area contributed by atoms with Gasteiger partial charge in [0.05, 0.1) is 4.90 Å². The molecule has 9 heteroatoms. The zero-order chi connectivity index (χ0) is 23.6. The predicted molar refractivity (Wildman–Crippen MR) is 124 cm³/mol. The van der Waals surface area contributed by atoms with E-state index >= 15 is 0 Å². The third-order valence-electron chi connectivity index (χ3n) is 5.77. The summed E-state index contributed by atoms with van der Waals surface area (Å²) >= 11 is 0. The van der Waals surface area contributed by atoms with E-state index in [9.17, 15) is 18.0 Å². The van der Waals surface area contributed by atoms with Crippen LogP contribution >= 0.6 is 0 Å². The first-order chi connectivity index (χ1) is 15.8. The Labute approximate surface area is 192 Å². The lowest BCUT2D eigenvalue weighted by molar-refractivity contribution is -0.119. The Kier molecular flexibility index (Phi) is 6.53. The van der Waals surface area contributed by atoms with Gasteiger partial charge in [0.15, 0.2) is 6.61 Å². The summed E-state index contributed by atoms with van der Waals surface area (Å²) in [5, 5.41) is 3.40. The number of furan rings is 1. The van der Waals surface area contributed by atoms with Crippen molar-refractivity contribution in [1.82, 2.24) is 4.31 Å². The van der Waals surface area contributed by atoms with Crippen molar-refractivity contribution in [2.75, 3.05) is 25.0 Å². The molecule has 1 saturated heterocycles. The first kappa shape index (κ1) is 23.0. The molecule has 2 aromatic carbocycles. The Morgan fingerprint density at radius 3 is 2.52 bits per heavy atom. The van der Waals surface area contributed by atoms with Crippen LogP contribution in [0.15, 0.2) is 51.8 Å². The fourth-order valence-corrected chi connectivity index (χ4v) is 5.73. The number of fused-ring (bicyclic) bond motifs is 1. The maximum atomic E-state index is 13.1. The second-order valence-electron chi connectivity index (χ2n) is 8.12. The summed E-state index contributed by atoms with van der Waals surface area (Å²) in [6, 6.07) is 11.9. The molecule has 1 aliphatic rings. The highest BCUT2D eigenvalue weighted by atomic mass is 32.2. The van der Waals surface area contributed by atoms with Crippen molar-refractivity contribution in [3.8, 4) is 0 Å². The van der Waals surface area contributed by atoms with Gasteiger partial charge in [-0.1, -0.05) is 30.7 Å². The number of ether oxygens (including phenoxy) is 1. The normalized spacial score (nSPS) is 14.8. The van der Waals surface area contributed by atoms with Crippen molar-refractivity contribution in [2.24, 2.45) is 0 Å². The zero-order valence-electron chi connectivity index (χ0n) is 18.6. The highest BCUT2D eigenvalue weighted by Gasteiger charge is 2.28. The van der Waals surface area contributed by atoms with Crippen LogP contribution in [-0.4, -0.2) is 44.3 Å². The van der Waals surface area contributed by atoms with Crippen LogP contribution in [0.5, 0.6) is 0 Å². The van der Waals surface area contributed by atoms with E-state index < -0.39 is 28.5 Å². The van der Waals surface area contributed by atoms with Gasteiger partial charge in [-0.3, -0.25) is 4.79 Å². The third kappa shape index (κ3) is 4.79. The van der Waals surface area contributed by atoms with E-state index in [0.717, 1.165) is 24.6 Å². The summed E-state index contributed by atoms with van der Waals surface area (Å²) in [6.45, 7) is 3.93. The van der Waals surface area contributed by atoms with Gasteiger partial charge in [-0.15, -0.1) is 0 Å². The monoisotopic (exact) mass is 470 g/mol. The maximum absolute atomic E-state index is 13.1. The highest BCUT2D eigenvalue weighted by Crippen LogP contribution is 2.27. The summed E-state index contributed by atoms with van der Waals surface area (Å²) in [5.74, 6) is -1.27. The van der Waals surface area contributed by atoms with Crippen LogP contribution in [0.2, 0.25) is 0 Å². The average Bonchev–Trinajstić information content (AvgIpc) is 3.16. The second-order valence-corrected chi connectivity index (χ2v) is 10.0. The SMILES string of the molecule is Cc1ccc(NC(=O)COC(=O)c2oc3ccccc3c2C)cc1S(=O)(=O)N1CCCCC1. The van der Waals surface area contributed by atoms with Gasteiger partial charge in [-0.05, 0) is 50.5 Å². The van der Waals surface area contributed by atoms with Gasteiger partial charge in [0, 0.05) is 29.7 Å². The fraction of sp³-hybridized carbons (Fsp3) is 0.333. The molecule has 1 aliphatic heterocycles. The highest BCUT2D eigenvalue weighted by molar-refractivity contribution is 7.89. The lowest BCUT2D eigenvalue weighted by atomic mass is 10.1. The molecule has 0 atom stereocenters. The number of hydrogen-bond acceptors (Lipinski definition) is 6. The van der Waals surface area contributed by atoms with Crippen LogP contribution in [0.1, 0.15) is 40.9 Å². The van der Waals surface area contributed by atoms with Crippen molar-refractivity contribution in [1.29, 1.82) is 0 Å². The molecule has 8 nitrogen and oxygen atoms in total. The molecule has 1 aromatic heterocycles. The van der Waals surface area contributed by atoms with Gasteiger partial charge in [0.2, 0.25) is 15.8 Å². The number of hydrogen-bond donors (Lipinski definition) is 1. The van der Waals surface area contributed by atoms with Gasteiger partial charge >= 0.3 is 5.97 Å². The molecule has 0 bridgehead atoms. The van der Waals surface area contributed by atoms with Crippen molar-refractivity contribution in [3.05, 3.63) is 59.4 Å². The number of sulfonamides is 1. The quantitative estimate of drug-likeness (QED) is 0.546. The van der Waals surface area contributed by atoms with Gasteiger partial charge in [-0.25, -0.2) is 13.2 Å². The number of carbonyl (C=O) groups excluding carboxylic acids is 2. The van der Waals surface area contributed by atoms with Gasteiger partial charge in [-0.2, -0.15) is 4.31 Å². The summed E-state index contributed by atoms with van der Waals surface area (Å²) in [7, 11) is -3.65. The number of para-hydroxylation sites is 1. The fourth-order valence-electron chi connectivity index (χ4n) is 3.96. The van der Waals surface area contributed by atoms with Crippen LogP contribution in [-0.2, 0) is 19.6 Å². The van der Waals surface area contributed by atoms with Gasteiger partial charge in [0.25, 0.3) is 5.91 Å². The minimum atomic E-state index is -3.65. The number of nitrogens with zero attached hydrogens (tertiary/aromatic N) is 1. The number of amides is 1. The second kappa shape index (κ2) is 9.36. The minimum Gasteiger partial charge on any atom is -0.450 e. The average molecular weight is 471 g/mol. The first-order valence-corrected chi connectivity index (χ1v) is 12.3. The minimum absolute atomic E-state index is 0.0502. The van der Waals surface area contributed by atoms with E-state index in [1.807, 2.05) is 12.1 Å². The van der Waals surface area contributed by atoms with Gasteiger partial charge in [0.1, 0.15) is 5.58 Å². The smallest absolute Gasteiger partial charge is 0.375 e. The Balaban J connectivity index is 1.42. The van der Waals surface area contributed by atoms with E-state index in [4.69, 9.17) is 9.15 Å². The van der Waals surface area contributed by atoms with E-state index in [2.05, 4.69) is 5.32 Å². The third-order valence-corrected chi connectivity index (χ3v) is 7.81. The zero-order valence-corrected chi connectivity index (χ0v) is 19.4. The van der Waals surface area contributed by atoms with Crippen molar-refractivity contribution in [2.45, 2.75) is 38.0 Å². The molecule has 0 aliphatic carbocycles. The summed E-state index contributed by atoms with van der Waals surface area (Å²) in [5.41, 5.74) is 2.12. The Bertz CT molecular complexity index is 1310. The Morgan fingerprint density at radius 1 is 1.06 bits per heavy atom. The number of aryl methyl sites for hydroxylation is 2. The molecule has 4 rings (SSSR count). The molecular weight excluding hydrogens is 444 g/mol. The predicted octanol–water partition coefficient (Wildman–Crippen LogP) is 4.02. The Hall–Kier alpha value is -3.17. The number of carbonyl (C=O) groups is 2. The molecule has 1 amide bonds. The van der Waals surface area contributed by atoms with Crippen LogP contribution in [0.4, 0.5) is 5.69 Å². The van der Waals surface area contributed by atoms with Gasteiger partial charge < -0.3 is 14.5 Å². The number of anilines is 1. The van der Waals surface area contributed by atoms with Crippen LogP contribution in [0.3, 0.4) is 0 Å². The molecule has 0 radical (unpaired) electrons. The number of benzene rings is 2. The summed E-state index contributed by atoms with van der Waals surface area (Å²) in [6.07, 6.45) is 2.70. The molecular formula is C24H26N2O6S.